The highest BCUT2D eigenvalue weighted by atomic mass is 17.1. The Bertz CT molecular complexity index is 1030. The lowest BCUT2D eigenvalue weighted by molar-refractivity contribution is -0.464. The fourth-order valence-corrected chi connectivity index (χ4v) is 9.56. The summed E-state index contributed by atoms with van der Waals surface area (Å²) >= 11 is 0. The molecule has 1 atom stereocenters. The Labute approximate surface area is 407 Å². The Kier molecular flexibility index (Phi) is 46.3. The van der Waals surface area contributed by atoms with E-state index in [0.717, 1.165) is 64.2 Å². The molecular weight excluding hydrogens is 829 g/mol. The van der Waals surface area contributed by atoms with E-state index in [1.165, 1.54) is 193 Å². The first kappa shape index (κ1) is 64.6. The predicted octanol–water partition coefficient (Wildman–Crippen LogP) is 16.7. The summed E-state index contributed by atoms with van der Waals surface area (Å²) in [5.74, 6) is -6.48. The molecule has 0 aliphatic carbocycles. The van der Waals surface area contributed by atoms with Crippen LogP contribution in [-0.2, 0) is 24.0 Å². The monoisotopic (exact) mass is 939 g/mol. The lowest BCUT2D eigenvalue weighted by atomic mass is 9.79. The van der Waals surface area contributed by atoms with E-state index in [9.17, 15) is 35.0 Å². The smallest absolute Gasteiger partial charge is 0.307 e. The molecule has 0 rings (SSSR count). The molecule has 0 radical (unpaired) electrons. The number of aliphatic hydroxyl groups excluding tert-OH is 1. The van der Waals surface area contributed by atoms with Crippen molar-refractivity contribution < 1.29 is 44.6 Å². The first-order valence-electron chi connectivity index (χ1n) is 28.9. The minimum Gasteiger partial charge on any atom is -0.437 e. The Morgan fingerprint density at radius 3 is 0.742 bits per heavy atom. The summed E-state index contributed by atoms with van der Waals surface area (Å²) in [6, 6.07) is 0. The van der Waals surface area contributed by atoms with E-state index in [1.54, 1.807) is 0 Å². The highest BCUT2D eigenvalue weighted by Gasteiger charge is 2.68. The Morgan fingerprint density at radius 1 is 0.348 bits per heavy atom. The van der Waals surface area contributed by atoms with Crippen LogP contribution in [0.15, 0.2) is 0 Å². The molecule has 0 fully saturated rings. The zero-order chi connectivity index (χ0) is 48.7. The number of carbonyl (C=O) groups is 3. The molecule has 0 saturated carbocycles. The van der Waals surface area contributed by atoms with Gasteiger partial charge in [0.25, 0.3) is 5.60 Å². The van der Waals surface area contributed by atoms with Crippen LogP contribution in [0.5, 0.6) is 0 Å². The van der Waals surface area contributed by atoms with Gasteiger partial charge in [0, 0.05) is 19.3 Å². The van der Waals surface area contributed by atoms with Gasteiger partial charge in [0.15, 0.2) is 11.6 Å². The van der Waals surface area contributed by atoms with Gasteiger partial charge in [-0.1, -0.05) is 290 Å². The molecule has 0 aliphatic rings. The number of rotatable bonds is 54. The van der Waals surface area contributed by atoms with Crippen LogP contribution in [0.4, 0.5) is 0 Å². The maximum atomic E-state index is 14.2. The van der Waals surface area contributed by atoms with Gasteiger partial charge in [-0.25, -0.2) is 5.26 Å². The van der Waals surface area contributed by atoms with Gasteiger partial charge in [-0.3, -0.25) is 14.4 Å². The molecule has 0 saturated heterocycles. The number of unbranched alkanes of at least 4 members (excludes halogenated alkanes) is 42. The molecule has 1 unspecified atom stereocenters. The van der Waals surface area contributed by atoms with Gasteiger partial charge in [0.05, 0.1) is 0 Å². The first-order chi connectivity index (χ1) is 32.2. The van der Waals surface area contributed by atoms with Crippen molar-refractivity contribution in [3.05, 3.63) is 0 Å². The Morgan fingerprint density at radius 2 is 0.545 bits per heavy atom. The van der Waals surface area contributed by atoms with Gasteiger partial charge in [-0.15, -0.1) is 0 Å². The molecule has 0 spiro atoms. The second kappa shape index (κ2) is 47.3. The molecule has 0 aliphatic heterocycles. The molecule has 0 aromatic carbocycles. The lowest BCUT2D eigenvalue weighted by Crippen LogP contribution is -2.71. The van der Waals surface area contributed by atoms with Crippen LogP contribution in [0.3, 0.4) is 0 Å². The number of hydrogen-bond acceptors (Lipinski definition) is 9. The Hall–Kier alpha value is -1.39. The molecular formula is C57H110O9. The third kappa shape index (κ3) is 33.2. The van der Waals surface area contributed by atoms with E-state index in [4.69, 9.17) is 4.74 Å². The van der Waals surface area contributed by atoms with Gasteiger partial charge in [0.1, 0.15) is 0 Å². The van der Waals surface area contributed by atoms with E-state index < -0.39 is 35.2 Å². The average Bonchev–Trinajstić information content (AvgIpc) is 3.31. The van der Waals surface area contributed by atoms with E-state index in [2.05, 4.69) is 25.7 Å². The van der Waals surface area contributed by atoms with Crippen LogP contribution >= 0.6 is 0 Å². The number of ether oxygens (including phenoxy) is 1. The largest absolute Gasteiger partial charge is 0.437 e. The van der Waals surface area contributed by atoms with Crippen LogP contribution in [0.1, 0.15) is 329 Å². The third-order valence-corrected chi connectivity index (χ3v) is 14.0. The van der Waals surface area contributed by atoms with Gasteiger partial charge >= 0.3 is 11.8 Å². The van der Waals surface area contributed by atoms with Crippen molar-refractivity contribution in [1.29, 1.82) is 0 Å². The van der Waals surface area contributed by atoms with Crippen LogP contribution in [0.2, 0.25) is 0 Å². The normalized spacial score (nSPS) is 12.8. The number of esters is 1. The molecule has 66 heavy (non-hydrogen) atoms. The maximum absolute atomic E-state index is 14.2. The van der Waals surface area contributed by atoms with E-state index in [1.807, 2.05) is 0 Å². The van der Waals surface area contributed by atoms with Gasteiger partial charge in [-0.2, -0.15) is 4.89 Å². The molecule has 0 heterocycles. The highest BCUT2D eigenvalue weighted by Crippen LogP contribution is 2.36. The average molecular weight is 939 g/mol. The second-order valence-electron chi connectivity index (χ2n) is 20.3. The molecule has 0 amide bonds. The van der Waals surface area contributed by atoms with Gasteiger partial charge < -0.3 is 20.1 Å². The number of hydrogen-bond donors (Lipinski definition) is 4. The van der Waals surface area contributed by atoms with Crippen LogP contribution in [0.25, 0.3) is 0 Å². The minimum atomic E-state index is -3.59. The van der Waals surface area contributed by atoms with E-state index in [-0.39, 0.29) is 19.3 Å². The second-order valence-corrected chi connectivity index (χ2v) is 20.3. The summed E-state index contributed by atoms with van der Waals surface area (Å²) in [5, 5.41) is 42.2. The van der Waals surface area contributed by atoms with Crippen molar-refractivity contribution in [2.75, 3.05) is 0 Å². The summed E-state index contributed by atoms with van der Waals surface area (Å²) < 4.78 is 5.65. The number of aliphatic hydroxyl groups is 3. The topological polar surface area (TPSA) is 151 Å². The molecule has 9 heteroatoms. The van der Waals surface area contributed by atoms with Crippen molar-refractivity contribution in [3.63, 3.8) is 0 Å². The van der Waals surface area contributed by atoms with Crippen molar-refractivity contribution in [3.8, 4) is 0 Å². The van der Waals surface area contributed by atoms with Crippen molar-refractivity contribution in [2.24, 2.45) is 0 Å². The third-order valence-electron chi connectivity index (χ3n) is 14.0. The highest BCUT2D eigenvalue weighted by molar-refractivity contribution is 6.13. The van der Waals surface area contributed by atoms with Gasteiger partial charge in [0.2, 0.25) is 6.29 Å². The van der Waals surface area contributed by atoms with Crippen LogP contribution < -0.4 is 0 Å². The molecule has 4 N–H and O–H groups in total. The Balaban J connectivity index is 5.19. The first-order valence-corrected chi connectivity index (χ1v) is 28.9. The zero-order valence-corrected chi connectivity index (χ0v) is 43.8. The standard InChI is InChI=1S/C57H110O9/c1-4-7-10-13-16-19-22-25-28-31-34-37-40-43-46-49-52(58)56(57(63,66-64)55(61)62,53(59)50-47-44-41-38-35-32-29-26-23-20-17-14-11-8-5-2)65-54(60)51-48-45-42-39-36-33-30-27-24-21-18-15-12-9-6-3/h55,61-64H,4-51H2,1-3H3. The number of ketones is 2. The van der Waals surface area contributed by atoms with Crippen LogP contribution in [0, 0.1) is 0 Å². The predicted molar refractivity (Wildman–Crippen MR) is 274 cm³/mol. The fourth-order valence-electron chi connectivity index (χ4n) is 9.56. The van der Waals surface area contributed by atoms with Crippen molar-refractivity contribution >= 4 is 17.5 Å². The maximum Gasteiger partial charge on any atom is 0.307 e. The number of Topliss-reactive ketones (excluding diaryl/α,β-unsaturated/α-hetero) is 2. The molecule has 392 valence electrons. The molecule has 0 aromatic rings. The van der Waals surface area contributed by atoms with E-state index >= 15 is 0 Å². The molecule has 9 nitrogen and oxygen atoms in total. The summed E-state index contributed by atoms with van der Waals surface area (Å²) in [5.41, 5.74) is -3.12. The fraction of sp³-hybridized carbons (Fsp3) is 0.947. The van der Waals surface area contributed by atoms with Crippen molar-refractivity contribution in [1.82, 2.24) is 0 Å². The summed E-state index contributed by atoms with van der Waals surface area (Å²) in [4.78, 5) is 46.1. The SMILES string of the molecule is CCCCCCCCCCCCCCCCCC(=O)OC(C(=O)CCCCCCCCCCCCCCCCC)(C(=O)CCCCCCCCCCCCCCCCC)C(O)(OO)C(O)O. The zero-order valence-electron chi connectivity index (χ0n) is 43.8. The lowest BCUT2D eigenvalue weighted by Gasteiger charge is -2.42. The summed E-state index contributed by atoms with van der Waals surface area (Å²) in [6.07, 6.45) is 47.8. The van der Waals surface area contributed by atoms with E-state index in [0.29, 0.717) is 32.1 Å². The van der Waals surface area contributed by atoms with Crippen LogP contribution in [-0.4, -0.2) is 55.8 Å². The molecule has 0 bridgehead atoms. The summed E-state index contributed by atoms with van der Waals surface area (Å²) in [7, 11) is 0. The van der Waals surface area contributed by atoms with Crippen molar-refractivity contribution in [2.45, 2.75) is 347 Å². The summed E-state index contributed by atoms with van der Waals surface area (Å²) in [6.45, 7) is 6.74. The quantitative estimate of drug-likeness (QED) is 0.0117. The minimum absolute atomic E-state index is 0.123. The molecule has 0 aromatic heterocycles. The van der Waals surface area contributed by atoms with Gasteiger partial charge in [-0.05, 0) is 19.3 Å². The number of carbonyl (C=O) groups excluding carboxylic acids is 3.